The average molecular weight is 272 g/mol. The van der Waals surface area contributed by atoms with Crippen LogP contribution >= 0.6 is 0 Å². The molecular formula is C16H20N2O2. The van der Waals surface area contributed by atoms with Crippen LogP contribution in [0.4, 0.5) is 5.82 Å². The first-order valence-corrected chi connectivity index (χ1v) is 6.89. The first-order chi connectivity index (χ1) is 9.81. The first kappa shape index (κ1) is 14.3. The van der Waals surface area contributed by atoms with E-state index in [9.17, 15) is 0 Å². The van der Waals surface area contributed by atoms with E-state index in [0.29, 0.717) is 6.42 Å². The van der Waals surface area contributed by atoms with Crippen molar-refractivity contribution < 1.29 is 9.84 Å². The summed E-state index contributed by atoms with van der Waals surface area (Å²) < 4.78 is 5.79. The Morgan fingerprint density at radius 3 is 2.65 bits per heavy atom. The number of nitrogens with one attached hydrogen (secondary N) is 1. The van der Waals surface area contributed by atoms with Gasteiger partial charge >= 0.3 is 0 Å². The Morgan fingerprint density at radius 2 is 1.95 bits per heavy atom. The number of aliphatic hydroxyl groups is 1. The highest BCUT2D eigenvalue weighted by molar-refractivity contribution is 5.42. The maximum absolute atomic E-state index is 8.88. The summed E-state index contributed by atoms with van der Waals surface area (Å²) in [4.78, 5) is 4.24. The predicted octanol–water partition coefficient (Wildman–Crippen LogP) is 3.23. The fourth-order valence-electron chi connectivity index (χ4n) is 1.81. The van der Waals surface area contributed by atoms with Gasteiger partial charge in [-0.3, -0.25) is 0 Å². The molecule has 0 atom stereocenters. The minimum atomic E-state index is 0.164. The Labute approximate surface area is 119 Å². The van der Waals surface area contributed by atoms with E-state index in [-0.39, 0.29) is 6.61 Å². The predicted molar refractivity (Wildman–Crippen MR) is 80.3 cm³/mol. The molecule has 0 aliphatic carbocycles. The molecule has 106 valence electrons. The third kappa shape index (κ3) is 4.24. The number of nitrogens with zero attached hydrogens (tertiary/aromatic N) is 1. The Kier molecular flexibility index (Phi) is 5.38. The second kappa shape index (κ2) is 7.50. The molecule has 0 saturated carbocycles. The van der Waals surface area contributed by atoms with E-state index < -0.39 is 0 Å². The van der Waals surface area contributed by atoms with Gasteiger partial charge in [0.15, 0.2) is 0 Å². The topological polar surface area (TPSA) is 54.4 Å². The molecule has 4 nitrogen and oxygen atoms in total. The van der Waals surface area contributed by atoms with Gasteiger partial charge in [-0.15, -0.1) is 0 Å². The van der Waals surface area contributed by atoms with Crippen molar-refractivity contribution in [3.8, 4) is 11.5 Å². The molecule has 0 fully saturated rings. The van der Waals surface area contributed by atoms with Crippen LogP contribution in [0.3, 0.4) is 0 Å². The molecule has 0 spiro atoms. The number of hydrogen-bond acceptors (Lipinski definition) is 4. The highest BCUT2D eigenvalue weighted by Crippen LogP contribution is 2.23. The van der Waals surface area contributed by atoms with Gasteiger partial charge in [0.1, 0.15) is 17.3 Å². The number of aliphatic hydroxyl groups excluding tert-OH is 1. The molecule has 2 N–H and O–H groups in total. The van der Waals surface area contributed by atoms with E-state index in [1.807, 2.05) is 36.4 Å². The lowest BCUT2D eigenvalue weighted by atomic mass is 10.1. The lowest BCUT2D eigenvalue weighted by molar-refractivity contribution is 0.299. The maximum atomic E-state index is 8.88. The van der Waals surface area contributed by atoms with E-state index in [1.54, 1.807) is 6.20 Å². The Balaban J connectivity index is 2.01. The molecule has 2 aromatic rings. The molecule has 1 heterocycles. The van der Waals surface area contributed by atoms with Crippen LogP contribution < -0.4 is 10.1 Å². The summed E-state index contributed by atoms with van der Waals surface area (Å²) in [5, 5.41) is 12.1. The van der Waals surface area contributed by atoms with Gasteiger partial charge in [0.2, 0.25) is 0 Å². The third-order valence-corrected chi connectivity index (χ3v) is 2.85. The minimum Gasteiger partial charge on any atom is -0.457 e. The summed E-state index contributed by atoms with van der Waals surface area (Å²) in [6, 6.07) is 11.5. The molecule has 0 saturated heterocycles. The Bertz CT molecular complexity index is 526. The largest absolute Gasteiger partial charge is 0.457 e. The van der Waals surface area contributed by atoms with Crippen molar-refractivity contribution in [1.82, 2.24) is 4.98 Å². The fraction of sp³-hybridized carbons (Fsp3) is 0.312. The van der Waals surface area contributed by atoms with E-state index in [4.69, 9.17) is 9.84 Å². The smallest absolute Gasteiger partial charge is 0.132 e. The average Bonchev–Trinajstić information content (AvgIpc) is 2.48. The number of anilines is 1. The molecule has 0 aliphatic heterocycles. The first-order valence-electron chi connectivity index (χ1n) is 6.89. The monoisotopic (exact) mass is 272 g/mol. The molecule has 0 radical (unpaired) electrons. The van der Waals surface area contributed by atoms with Crippen LogP contribution in [0.5, 0.6) is 11.5 Å². The van der Waals surface area contributed by atoms with Gasteiger partial charge in [0, 0.05) is 25.4 Å². The summed E-state index contributed by atoms with van der Waals surface area (Å²) in [5.41, 5.74) is 1.10. The summed E-state index contributed by atoms with van der Waals surface area (Å²) in [5.74, 6) is 2.36. The van der Waals surface area contributed by atoms with Crippen molar-refractivity contribution in [3.05, 3.63) is 48.2 Å². The van der Waals surface area contributed by atoms with Gasteiger partial charge in [-0.1, -0.05) is 19.1 Å². The van der Waals surface area contributed by atoms with Crippen molar-refractivity contribution in [3.63, 3.8) is 0 Å². The molecule has 0 aliphatic rings. The third-order valence-electron chi connectivity index (χ3n) is 2.85. The summed E-state index contributed by atoms with van der Waals surface area (Å²) in [6.07, 6.45) is 3.45. The van der Waals surface area contributed by atoms with Crippen LogP contribution in [0.2, 0.25) is 0 Å². The molecule has 1 aromatic carbocycles. The fourth-order valence-corrected chi connectivity index (χ4v) is 1.81. The van der Waals surface area contributed by atoms with Crippen LogP contribution in [0.25, 0.3) is 0 Å². The van der Waals surface area contributed by atoms with Crippen molar-refractivity contribution in [2.45, 2.75) is 19.8 Å². The number of pyridine rings is 1. The minimum absolute atomic E-state index is 0.164. The van der Waals surface area contributed by atoms with Crippen LogP contribution in [-0.4, -0.2) is 23.2 Å². The van der Waals surface area contributed by atoms with Crippen molar-refractivity contribution in [2.24, 2.45) is 0 Å². The van der Waals surface area contributed by atoms with Crippen molar-refractivity contribution in [2.75, 3.05) is 18.5 Å². The zero-order chi connectivity index (χ0) is 14.2. The lowest BCUT2D eigenvalue weighted by Gasteiger charge is -2.08. The van der Waals surface area contributed by atoms with Gasteiger partial charge < -0.3 is 15.2 Å². The molecule has 1 aromatic heterocycles. The number of ether oxygens (including phenoxy) is 1. The quantitative estimate of drug-likeness (QED) is 0.812. The SMILES string of the molecule is CCCNc1cc(Oc2ccc(CCO)cc2)ccn1. The lowest BCUT2D eigenvalue weighted by Crippen LogP contribution is -2.01. The van der Waals surface area contributed by atoms with E-state index in [2.05, 4.69) is 17.2 Å². The summed E-state index contributed by atoms with van der Waals surface area (Å²) in [7, 11) is 0. The van der Waals surface area contributed by atoms with Crippen molar-refractivity contribution >= 4 is 5.82 Å². The zero-order valence-corrected chi connectivity index (χ0v) is 11.7. The molecular weight excluding hydrogens is 252 g/mol. The van der Waals surface area contributed by atoms with Crippen LogP contribution in [0.1, 0.15) is 18.9 Å². The van der Waals surface area contributed by atoms with Gasteiger partial charge in [0.05, 0.1) is 0 Å². The highest BCUT2D eigenvalue weighted by atomic mass is 16.5. The van der Waals surface area contributed by atoms with Crippen molar-refractivity contribution in [1.29, 1.82) is 0 Å². The standard InChI is InChI=1S/C16H20N2O2/c1-2-9-17-16-12-15(7-10-18-16)20-14-5-3-13(4-6-14)8-11-19/h3-7,10,12,19H,2,8-9,11H2,1H3,(H,17,18). The number of hydrogen-bond donors (Lipinski definition) is 2. The highest BCUT2D eigenvalue weighted by Gasteiger charge is 2.00. The van der Waals surface area contributed by atoms with Crippen LogP contribution in [-0.2, 0) is 6.42 Å². The van der Waals surface area contributed by atoms with Gasteiger partial charge in [-0.25, -0.2) is 4.98 Å². The van der Waals surface area contributed by atoms with Gasteiger partial charge in [0.25, 0.3) is 0 Å². The number of aromatic nitrogens is 1. The van der Waals surface area contributed by atoms with E-state index >= 15 is 0 Å². The van der Waals surface area contributed by atoms with E-state index in [1.165, 1.54) is 0 Å². The summed E-state index contributed by atoms with van der Waals surface area (Å²) >= 11 is 0. The molecule has 2 rings (SSSR count). The van der Waals surface area contributed by atoms with Gasteiger partial charge in [-0.05, 0) is 36.6 Å². The van der Waals surface area contributed by atoms with Crippen LogP contribution in [0.15, 0.2) is 42.6 Å². The Hall–Kier alpha value is -2.07. The van der Waals surface area contributed by atoms with Crippen LogP contribution in [0, 0.1) is 0 Å². The number of benzene rings is 1. The molecule has 4 heteroatoms. The second-order valence-corrected chi connectivity index (χ2v) is 4.52. The summed E-state index contributed by atoms with van der Waals surface area (Å²) in [6.45, 7) is 3.17. The normalized spacial score (nSPS) is 10.3. The molecule has 20 heavy (non-hydrogen) atoms. The van der Waals surface area contributed by atoms with E-state index in [0.717, 1.165) is 35.8 Å². The molecule has 0 amide bonds. The van der Waals surface area contributed by atoms with Gasteiger partial charge in [-0.2, -0.15) is 0 Å². The molecule has 0 unspecified atom stereocenters. The number of rotatable bonds is 7. The zero-order valence-electron chi connectivity index (χ0n) is 11.7. The maximum Gasteiger partial charge on any atom is 0.132 e. The second-order valence-electron chi connectivity index (χ2n) is 4.52. The Morgan fingerprint density at radius 1 is 1.15 bits per heavy atom. The molecule has 0 bridgehead atoms.